The number of hydrogen-bond acceptors (Lipinski definition) is 4. The summed E-state index contributed by atoms with van der Waals surface area (Å²) in [5.74, 6) is 1.36. The van der Waals surface area contributed by atoms with Gasteiger partial charge in [-0.3, -0.25) is 0 Å². The summed E-state index contributed by atoms with van der Waals surface area (Å²) < 4.78 is 6.43. The van der Waals surface area contributed by atoms with Gasteiger partial charge in [-0.05, 0) is 72.6 Å². The molecule has 5 rings (SSSR count). The van der Waals surface area contributed by atoms with Gasteiger partial charge in [-0.2, -0.15) is 0 Å². The summed E-state index contributed by atoms with van der Waals surface area (Å²) in [6.45, 7) is 2.48. The van der Waals surface area contributed by atoms with Crippen molar-refractivity contribution in [3.8, 4) is 5.75 Å². The average molecular weight is 406 g/mol. The Hall–Kier alpha value is -2.33. The Bertz CT molecular complexity index is 880. The lowest BCUT2D eigenvalue weighted by atomic mass is 9.77. The molecule has 2 atom stereocenters. The maximum atomic E-state index is 11.0. The highest BCUT2D eigenvalue weighted by Gasteiger charge is 2.38. The van der Waals surface area contributed by atoms with Gasteiger partial charge in [0.25, 0.3) is 0 Å². The van der Waals surface area contributed by atoms with Crippen molar-refractivity contribution in [2.45, 2.75) is 57.2 Å². The van der Waals surface area contributed by atoms with E-state index in [2.05, 4.69) is 35.2 Å². The molecular weight excluding hydrogens is 374 g/mol. The zero-order chi connectivity index (χ0) is 20.5. The van der Waals surface area contributed by atoms with E-state index >= 15 is 0 Å². The maximum absolute atomic E-state index is 11.0. The monoisotopic (exact) mass is 405 g/mol. The Kier molecular flexibility index (Phi) is 5.51. The zero-order valence-corrected chi connectivity index (χ0v) is 17.5. The number of phenolic OH excluding ortho intramolecular Hbond substituents is 1. The van der Waals surface area contributed by atoms with E-state index in [1.165, 1.54) is 42.5 Å². The highest BCUT2D eigenvalue weighted by molar-refractivity contribution is 5.56. The van der Waals surface area contributed by atoms with Crippen molar-refractivity contribution in [3.63, 3.8) is 0 Å². The summed E-state index contributed by atoms with van der Waals surface area (Å²) in [5.41, 5.74) is 4.94. The maximum Gasteiger partial charge on any atom is 0.123 e. The van der Waals surface area contributed by atoms with Crippen LogP contribution < -0.4 is 4.90 Å². The smallest absolute Gasteiger partial charge is 0.123 e. The fourth-order valence-electron chi connectivity index (χ4n) is 5.73. The second kappa shape index (κ2) is 8.43. The number of benzene rings is 2. The van der Waals surface area contributed by atoms with Gasteiger partial charge in [0, 0.05) is 30.6 Å². The first-order valence-corrected chi connectivity index (χ1v) is 11.5. The number of aromatic hydroxyl groups is 1. The summed E-state index contributed by atoms with van der Waals surface area (Å²) in [6, 6.07) is 14.8. The van der Waals surface area contributed by atoms with Crippen LogP contribution >= 0.6 is 0 Å². The molecule has 2 fully saturated rings. The number of piperidine rings is 1. The lowest BCUT2D eigenvalue weighted by molar-refractivity contribution is -0.111. The second-order valence-electron chi connectivity index (χ2n) is 9.23. The van der Waals surface area contributed by atoms with Crippen LogP contribution in [0.15, 0.2) is 42.5 Å². The number of fused-ring (bicyclic) bond motifs is 1. The molecular formula is C26H31NO3. The van der Waals surface area contributed by atoms with Crippen molar-refractivity contribution in [3.05, 3.63) is 59.2 Å². The number of hydrogen-bond donors (Lipinski definition) is 1. The third-order valence-electron chi connectivity index (χ3n) is 7.44. The van der Waals surface area contributed by atoms with Crippen molar-refractivity contribution in [2.75, 3.05) is 18.0 Å². The topological polar surface area (TPSA) is 49.8 Å². The lowest BCUT2D eigenvalue weighted by Crippen LogP contribution is -2.35. The van der Waals surface area contributed by atoms with Gasteiger partial charge >= 0.3 is 0 Å². The van der Waals surface area contributed by atoms with E-state index in [1.807, 2.05) is 12.1 Å². The number of anilines is 1. The molecule has 2 aromatic rings. The lowest BCUT2D eigenvalue weighted by Gasteiger charge is -2.38. The molecule has 0 radical (unpaired) electrons. The van der Waals surface area contributed by atoms with E-state index < -0.39 is 0 Å². The van der Waals surface area contributed by atoms with Crippen molar-refractivity contribution in [2.24, 2.45) is 11.8 Å². The SMILES string of the molecule is O=CC1CCN(c2ccc([C@@H]3c4ccc(O)cc4CO[C@@H]3C3CCCC3)cc2)CC1. The zero-order valence-electron chi connectivity index (χ0n) is 17.5. The van der Waals surface area contributed by atoms with Gasteiger partial charge in [-0.25, -0.2) is 0 Å². The second-order valence-corrected chi connectivity index (χ2v) is 9.23. The van der Waals surface area contributed by atoms with Gasteiger partial charge < -0.3 is 19.5 Å². The highest BCUT2D eigenvalue weighted by Crippen LogP contribution is 2.45. The van der Waals surface area contributed by atoms with E-state index in [0.29, 0.717) is 18.3 Å². The first kappa shape index (κ1) is 19.6. The molecule has 30 heavy (non-hydrogen) atoms. The number of phenols is 1. The third kappa shape index (κ3) is 3.74. The Morgan fingerprint density at radius 1 is 0.967 bits per heavy atom. The predicted molar refractivity (Wildman–Crippen MR) is 118 cm³/mol. The third-order valence-corrected chi connectivity index (χ3v) is 7.44. The summed E-state index contributed by atoms with van der Waals surface area (Å²) in [6.07, 6.45) is 8.31. The first-order chi connectivity index (χ1) is 14.7. The molecule has 0 amide bonds. The number of rotatable bonds is 4. The van der Waals surface area contributed by atoms with Crippen LogP contribution in [0, 0.1) is 11.8 Å². The molecule has 158 valence electrons. The first-order valence-electron chi connectivity index (χ1n) is 11.5. The van der Waals surface area contributed by atoms with E-state index in [4.69, 9.17) is 4.74 Å². The molecule has 4 nitrogen and oxygen atoms in total. The van der Waals surface area contributed by atoms with E-state index in [1.54, 1.807) is 0 Å². The highest BCUT2D eigenvalue weighted by atomic mass is 16.5. The molecule has 1 saturated carbocycles. The largest absolute Gasteiger partial charge is 0.508 e. The average Bonchev–Trinajstić information content (AvgIpc) is 3.33. The Morgan fingerprint density at radius 2 is 1.70 bits per heavy atom. The van der Waals surface area contributed by atoms with Crippen LogP contribution in [-0.4, -0.2) is 30.6 Å². The van der Waals surface area contributed by atoms with E-state index in [0.717, 1.165) is 37.8 Å². The minimum Gasteiger partial charge on any atom is -0.508 e. The van der Waals surface area contributed by atoms with Crippen LogP contribution in [0.5, 0.6) is 5.75 Å². The number of nitrogens with zero attached hydrogens (tertiary/aromatic N) is 1. The molecule has 1 N–H and O–H groups in total. The minimum atomic E-state index is 0.207. The van der Waals surface area contributed by atoms with Gasteiger partial charge in [0.1, 0.15) is 12.0 Å². The van der Waals surface area contributed by atoms with Gasteiger partial charge in [0.05, 0.1) is 12.7 Å². The number of carbonyl (C=O) groups excluding carboxylic acids is 1. The van der Waals surface area contributed by atoms with Crippen molar-refractivity contribution >= 4 is 12.0 Å². The molecule has 2 aliphatic heterocycles. The summed E-state index contributed by atoms with van der Waals surface area (Å²) in [7, 11) is 0. The van der Waals surface area contributed by atoms with Crippen LogP contribution in [0.4, 0.5) is 5.69 Å². The molecule has 4 heteroatoms. The van der Waals surface area contributed by atoms with Gasteiger partial charge in [-0.15, -0.1) is 0 Å². The predicted octanol–water partition coefficient (Wildman–Crippen LogP) is 5.03. The van der Waals surface area contributed by atoms with Crippen LogP contribution in [0.3, 0.4) is 0 Å². The molecule has 0 unspecified atom stereocenters. The quantitative estimate of drug-likeness (QED) is 0.725. The van der Waals surface area contributed by atoms with Crippen LogP contribution in [0.25, 0.3) is 0 Å². The number of carbonyl (C=O) groups is 1. The Morgan fingerprint density at radius 3 is 2.40 bits per heavy atom. The fourth-order valence-corrected chi connectivity index (χ4v) is 5.73. The standard InChI is InChI=1S/C26H31NO3/c28-16-18-11-13-27(14-12-18)22-7-5-19(6-8-22)25-24-10-9-23(29)15-21(24)17-30-26(25)20-3-1-2-4-20/h5-10,15-16,18,20,25-26,29H,1-4,11-14,17H2/t25-,26-/m1/s1. The van der Waals surface area contributed by atoms with E-state index in [-0.39, 0.29) is 17.9 Å². The van der Waals surface area contributed by atoms with Crippen molar-refractivity contribution in [1.29, 1.82) is 0 Å². The van der Waals surface area contributed by atoms with Crippen LogP contribution in [0.1, 0.15) is 61.1 Å². The normalized spacial score (nSPS) is 25.3. The summed E-state index contributed by atoms with van der Waals surface area (Å²) >= 11 is 0. The van der Waals surface area contributed by atoms with Gasteiger partial charge in [0.2, 0.25) is 0 Å². The molecule has 2 aromatic carbocycles. The number of ether oxygens (including phenoxy) is 1. The summed E-state index contributed by atoms with van der Waals surface area (Å²) in [5, 5.41) is 9.96. The minimum absolute atomic E-state index is 0.207. The summed E-state index contributed by atoms with van der Waals surface area (Å²) in [4.78, 5) is 13.4. The molecule has 3 aliphatic rings. The molecule has 0 spiro atoms. The molecule has 0 bridgehead atoms. The van der Waals surface area contributed by atoms with Crippen LogP contribution in [0.2, 0.25) is 0 Å². The number of aldehydes is 1. The molecule has 1 aliphatic carbocycles. The van der Waals surface area contributed by atoms with Crippen LogP contribution in [-0.2, 0) is 16.1 Å². The fraction of sp³-hybridized carbons (Fsp3) is 0.500. The van der Waals surface area contributed by atoms with E-state index in [9.17, 15) is 9.90 Å². The van der Waals surface area contributed by atoms with Gasteiger partial charge in [0.15, 0.2) is 0 Å². The molecule has 1 saturated heterocycles. The van der Waals surface area contributed by atoms with Crippen molar-refractivity contribution < 1.29 is 14.6 Å². The molecule has 2 heterocycles. The van der Waals surface area contributed by atoms with Crippen molar-refractivity contribution in [1.82, 2.24) is 0 Å². The Balaban J connectivity index is 1.43. The molecule has 0 aromatic heterocycles. The Labute approximate surface area is 178 Å². The van der Waals surface area contributed by atoms with Gasteiger partial charge in [-0.1, -0.05) is 31.0 Å².